The predicted molar refractivity (Wildman–Crippen MR) is 172 cm³/mol. The van der Waals surface area contributed by atoms with E-state index in [0.29, 0.717) is 23.4 Å². The fourth-order valence-electron chi connectivity index (χ4n) is 5.34. The van der Waals surface area contributed by atoms with Gasteiger partial charge in [-0.05, 0) is 40.8 Å². The highest BCUT2D eigenvalue weighted by atomic mass is 16.3. The quantitative estimate of drug-likeness (QED) is 0.213. The lowest BCUT2D eigenvalue weighted by Gasteiger charge is -2.10. The van der Waals surface area contributed by atoms with E-state index in [2.05, 4.69) is 60.7 Å². The molecule has 0 bridgehead atoms. The minimum Gasteiger partial charge on any atom is -0.435 e. The standard InChI is InChI=1S/C38H24N4O/c1-4-10-25(11-5-1)26-16-19-29(20-17-26)36-40-35(28-12-6-2-7-13-28)41-37(42-36)31-21-18-27-22-23-33-34(32(27)24-31)43-38(39-33)30-14-8-3-9-15-30/h1-24H. The molecule has 0 saturated heterocycles. The number of fused-ring (bicyclic) bond motifs is 3. The van der Waals surface area contributed by atoms with Crippen molar-refractivity contribution in [2.45, 2.75) is 0 Å². The summed E-state index contributed by atoms with van der Waals surface area (Å²) >= 11 is 0. The van der Waals surface area contributed by atoms with Crippen molar-refractivity contribution in [3.8, 4) is 56.7 Å². The topological polar surface area (TPSA) is 64.7 Å². The van der Waals surface area contributed by atoms with Crippen molar-refractivity contribution in [1.82, 2.24) is 19.9 Å². The van der Waals surface area contributed by atoms with E-state index in [9.17, 15) is 0 Å². The molecule has 5 heteroatoms. The largest absolute Gasteiger partial charge is 0.435 e. The Morgan fingerprint density at radius 1 is 0.372 bits per heavy atom. The molecule has 0 amide bonds. The Hall–Kier alpha value is -5.94. The maximum atomic E-state index is 6.33. The molecule has 8 rings (SSSR count). The normalized spacial score (nSPS) is 11.3. The Morgan fingerprint density at radius 3 is 1.49 bits per heavy atom. The van der Waals surface area contributed by atoms with Crippen LogP contribution in [-0.2, 0) is 0 Å². The zero-order chi connectivity index (χ0) is 28.6. The average molecular weight is 553 g/mol. The maximum Gasteiger partial charge on any atom is 0.227 e. The van der Waals surface area contributed by atoms with Gasteiger partial charge in [-0.25, -0.2) is 19.9 Å². The summed E-state index contributed by atoms with van der Waals surface area (Å²) in [7, 11) is 0. The van der Waals surface area contributed by atoms with E-state index in [0.717, 1.165) is 49.7 Å². The van der Waals surface area contributed by atoms with Crippen LogP contribution in [0.3, 0.4) is 0 Å². The second kappa shape index (κ2) is 10.5. The van der Waals surface area contributed by atoms with Crippen molar-refractivity contribution < 1.29 is 4.42 Å². The van der Waals surface area contributed by atoms with Crippen molar-refractivity contribution in [2.75, 3.05) is 0 Å². The van der Waals surface area contributed by atoms with Crippen LogP contribution >= 0.6 is 0 Å². The molecule has 0 aliphatic heterocycles. The van der Waals surface area contributed by atoms with E-state index in [-0.39, 0.29) is 0 Å². The van der Waals surface area contributed by atoms with Crippen molar-refractivity contribution in [3.05, 3.63) is 146 Å². The SMILES string of the molecule is c1ccc(-c2ccc(-c3nc(-c4ccccc4)nc(-c4ccc5ccc6nc(-c7ccccc7)oc6c5c4)n3)cc2)cc1. The Labute approximate surface area is 248 Å². The van der Waals surface area contributed by atoms with Gasteiger partial charge in [-0.3, -0.25) is 0 Å². The van der Waals surface area contributed by atoms with E-state index >= 15 is 0 Å². The third-order valence-corrected chi connectivity index (χ3v) is 7.57. The molecule has 2 aromatic heterocycles. The molecule has 5 nitrogen and oxygen atoms in total. The molecule has 0 saturated carbocycles. The zero-order valence-corrected chi connectivity index (χ0v) is 23.1. The van der Waals surface area contributed by atoms with Crippen LogP contribution in [0.15, 0.2) is 150 Å². The van der Waals surface area contributed by atoms with Gasteiger partial charge >= 0.3 is 0 Å². The summed E-state index contributed by atoms with van der Waals surface area (Å²) in [6.45, 7) is 0. The Kier molecular flexibility index (Phi) is 6.05. The first-order valence-corrected chi connectivity index (χ1v) is 14.1. The van der Waals surface area contributed by atoms with Crippen LogP contribution in [0.4, 0.5) is 0 Å². The molecule has 0 fully saturated rings. The molecule has 0 N–H and O–H groups in total. The smallest absolute Gasteiger partial charge is 0.227 e. The lowest BCUT2D eigenvalue weighted by molar-refractivity contribution is 0.623. The highest BCUT2D eigenvalue weighted by Gasteiger charge is 2.15. The minimum atomic E-state index is 0.595. The second-order valence-electron chi connectivity index (χ2n) is 10.4. The Bertz CT molecular complexity index is 2210. The van der Waals surface area contributed by atoms with E-state index in [1.165, 1.54) is 5.56 Å². The molecule has 0 spiro atoms. The van der Waals surface area contributed by atoms with Crippen LogP contribution in [0.25, 0.3) is 78.6 Å². The van der Waals surface area contributed by atoms with Crippen molar-refractivity contribution >= 4 is 21.9 Å². The Morgan fingerprint density at radius 2 is 0.837 bits per heavy atom. The summed E-state index contributed by atoms with van der Waals surface area (Å²) in [4.78, 5) is 19.6. The van der Waals surface area contributed by atoms with Crippen molar-refractivity contribution in [3.63, 3.8) is 0 Å². The van der Waals surface area contributed by atoms with Gasteiger partial charge in [-0.1, -0.05) is 121 Å². The summed E-state index contributed by atoms with van der Waals surface area (Å²) in [6, 6.07) is 49.0. The molecule has 0 atom stereocenters. The minimum absolute atomic E-state index is 0.595. The lowest BCUT2D eigenvalue weighted by atomic mass is 10.0. The number of hydrogen-bond donors (Lipinski definition) is 0. The zero-order valence-electron chi connectivity index (χ0n) is 23.1. The molecule has 6 aromatic carbocycles. The number of benzene rings is 6. The third-order valence-electron chi connectivity index (χ3n) is 7.57. The molecule has 0 aliphatic carbocycles. The first kappa shape index (κ1) is 24.8. The molecule has 43 heavy (non-hydrogen) atoms. The van der Waals surface area contributed by atoms with Gasteiger partial charge in [-0.15, -0.1) is 0 Å². The number of rotatable bonds is 5. The van der Waals surface area contributed by atoms with Gasteiger partial charge in [0.15, 0.2) is 23.1 Å². The fraction of sp³-hybridized carbons (Fsp3) is 0. The average Bonchev–Trinajstić information content (AvgIpc) is 3.54. The van der Waals surface area contributed by atoms with E-state index in [1.807, 2.05) is 84.9 Å². The van der Waals surface area contributed by atoms with Crippen LogP contribution in [0.5, 0.6) is 0 Å². The van der Waals surface area contributed by atoms with E-state index < -0.39 is 0 Å². The molecular weight excluding hydrogens is 528 g/mol. The summed E-state index contributed by atoms with van der Waals surface area (Å²) in [5.74, 6) is 2.43. The molecule has 202 valence electrons. The summed E-state index contributed by atoms with van der Waals surface area (Å²) in [6.07, 6.45) is 0. The van der Waals surface area contributed by atoms with E-state index in [4.69, 9.17) is 24.4 Å². The number of oxazole rings is 1. The molecule has 2 heterocycles. The van der Waals surface area contributed by atoms with Gasteiger partial charge in [0.1, 0.15) is 5.52 Å². The molecule has 0 radical (unpaired) electrons. The number of hydrogen-bond acceptors (Lipinski definition) is 5. The predicted octanol–water partition coefficient (Wildman–Crippen LogP) is 9.50. The van der Waals surface area contributed by atoms with Gasteiger partial charge in [0, 0.05) is 27.6 Å². The monoisotopic (exact) mass is 552 g/mol. The van der Waals surface area contributed by atoms with Crippen LogP contribution in [-0.4, -0.2) is 19.9 Å². The number of aromatic nitrogens is 4. The molecule has 0 aliphatic rings. The highest BCUT2D eigenvalue weighted by molar-refractivity contribution is 6.05. The van der Waals surface area contributed by atoms with Crippen molar-refractivity contribution in [2.24, 2.45) is 0 Å². The Balaban J connectivity index is 1.26. The van der Waals surface area contributed by atoms with Crippen molar-refractivity contribution in [1.29, 1.82) is 0 Å². The fourth-order valence-corrected chi connectivity index (χ4v) is 5.34. The summed E-state index contributed by atoms with van der Waals surface area (Å²) < 4.78 is 6.33. The number of nitrogens with zero attached hydrogens (tertiary/aromatic N) is 4. The van der Waals surface area contributed by atoms with Gasteiger partial charge in [0.2, 0.25) is 5.89 Å². The van der Waals surface area contributed by atoms with Crippen LogP contribution in [0, 0.1) is 0 Å². The van der Waals surface area contributed by atoms with Gasteiger partial charge in [0.25, 0.3) is 0 Å². The van der Waals surface area contributed by atoms with E-state index in [1.54, 1.807) is 0 Å². The van der Waals surface area contributed by atoms with Crippen LogP contribution in [0.2, 0.25) is 0 Å². The van der Waals surface area contributed by atoms with Crippen LogP contribution < -0.4 is 0 Å². The molecule has 8 aromatic rings. The third kappa shape index (κ3) is 4.73. The van der Waals surface area contributed by atoms with Crippen LogP contribution in [0.1, 0.15) is 0 Å². The van der Waals surface area contributed by atoms with Gasteiger partial charge in [-0.2, -0.15) is 0 Å². The first-order chi connectivity index (χ1) is 21.3. The lowest BCUT2D eigenvalue weighted by Crippen LogP contribution is -2.00. The van der Waals surface area contributed by atoms with Gasteiger partial charge in [0.05, 0.1) is 0 Å². The molecule has 0 unspecified atom stereocenters. The second-order valence-corrected chi connectivity index (χ2v) is 10.4. The summed E-state index contributed by atoms with van der Waals surface area (Å²) in [5, 5.41) is 2.01. The maximum absolute atomic E-state index is 6.33. The summed E-state index contributed by atoms with van der Waals surface area (Å²) in [5.41, 5.74) is 7.53. The van der Waals surface area contributed by atoms with Gasteiger partial charge < -0.3 is 4.42 Å². The molecular formula is C38H24N4O. The highest BCUT2D eigenvalue weighted by Crippen LogP contribution is 2.33. The first-order valence-electron chi connectivity index (χ1n) is 14.1.